The van der Waals surface area contributed by atoms with Gasteiger partial charge < -0.3 is 9.64 Å². The number of carbonyl (C=O) groups excluding carboxylic acids is 2. The third kappa shape index (κ3) is 4.23. The molecule has 2 aliphatic heterocycles. The molecule has 0 bridgehead atoms. The maximum Gasteiger partial charge on any atom is 0.310 e. The summed E-state index contributed by atoms with van der Waals surface area (Å²) in [5, 5.41) is 4.67. The summed E-state index contributed by atoms with van der Waals surface area (Å²) >= 11 is 0. The average Bonchev–Trinajstić information content (AvgIpc) is 3.33. The van der Waals surface area contributed by atoms with Gasteiger partial charge in [-0.1, -0.05) is 12.1 Å². The van der Waals surface area contributed by atoms with Gasteiger partial charge in [0.15, 0.2) is 0 Å². The van der Waals surface area contributed by atoms with E-state index in [1.54, 1.807) is 12.1 Å². The lowest BCUT2D eigenvalue weighted by Gasteiger charge is -2.29. The van der Waals surface area contributed by atoms with Crippen LogP contribution in [0, 0.1) is 18.7 Å². The van der Waals surface area contributed by atoms with E-state index in [0.717, 1.165) is 36.3 Å². The number of ether oxygens (including phenoxy) is 1. The molecule has 1 saturated heterocycles. The van der Waals surface area contributed by atoms with Crippen LogP contribution in [0.5, 0.6) is 0 Å². The molecular weight excluding hydrogens is 387 g/mol. The van der Waals surface area contributed by atoms with E-state index in [4.69, 9.17) is 4.74 Å². The Balaban J connectivity index is 1.42. The molecule has 2 aliphatic rings. The second-order valence-electron chi connectivity index (χ2n) is 8.10. The molecule has 2 aromatic rings. The van der Waals surface area contributed by atoms with Gasteiger partial charge in [0.25, 0.3) is 0 Å². The van der Waals surface area contributed by atoms with Gasteiger partial charge in [0, 0.05) is 13.1 Å². The summed E-state index contributed by atoms with van der Waals surface area (Å²) in [5.74, 6) is -0.535. The lowest BCUT2D eigenvalue weighted by Crippen LogP contribution is -2.42. The Kier molecular flexibility index (Phi) is 5.85. The molecule has 3 heterocycles. The van der Waals surface area contributed by atoms with Crippen molar-refractivity contribution in [2.45, 2.75) is 32.9 Å². The maximum absolute atomic E-state index is 13.2. The first-order valence-corrected chi connectivity index (χ1v) is 10.3. The second kappa shape index (κ2) is 8.55. The number of halogens is 1. The molecule has 0 N–H and O–H groups in total. The van der Waals surface area contributed by atoms with Crippen molar-refractivity contribution in [1.29, 1.82) is 0 Å². The SMILES string of the molecule is COC(=O)C1CCN(CC(=O)N2CCc3c(C)nn(Cc4ccc(F)cc4)c3C2)C1. The molecule has 0 radical (unpaired) electrons. The molecule has 0 spiro atoms. The zero-order valence-corrected chi connectivity index (χ0v) is 17.4. The van der Waals surface area contributed by atoms with Crippen LogP contribution in [-0.2, 0) is 33.8 Å². The summed E-state index contributed by atoms with van der Waals surface area (Å²) in [6.07, 6.45) is 1.51. The number of methoxy groups -OCH3 is 1. The number of rotatable bonds is 5. The standard InChI is InChI=1S/C22H27FN4O3/c1-15-19-8-10-26(21(28)14-25-9-7-17(12-25)22(29)30-2)13-20(19)27(24-15)11-16-3-5-18(23)6-4-16/h3-6,17H,7-14H2,1-2H3. The number of esters is 1. The normalized spacial score (nSPS) is 19.0. The van der Waals surface area contributed by atoms with Gasteiger partial charge in [0.1, 0.15) is 5.82 Å². The molecule has 4 rings (SSSR count). The van der Waals surface area contributed by atoms with Crippen molar-refractivity contribution in [3.05, 3.63) is 52.6 Å². The smallest absolute Gasteiger partial charge is 0.310 e. The Morgan fingerprint density at radius 3 is 2.73 bits per heavy atom. The number of carbonyl (C=O) groups is 2. The predicted molar refractivity (Wildman–Crippen MR) is 108 cm³/mol. The molecule has 8 heteroatoms. The minimum absolute atomic E-state index is 0.0679. The third-order valence-corrected chi connectivity index (χ3v) is 6.10. The maximum atomic E-state index is 13.2. The number of likely N-dealkylation sites (tertiary alicyclic amines) is 1. The molecule has 1 aromatic carbocycles. The zero-order valence-electron chi connectivity index (χ0n) is 17.4. The van der Waals surface area contributed by atoms with Crippen molar-refractivity contribution >= 4 is 11.9 Å². The van der Waals surface area contributed by atoms with E-state index in [1.807, 2.05) is 21.4 Å². The minimum atomic E-state index is -0.259. The van der Waals surface area contributed by atoms with E-state index in [2.05, 4.69) is 5.10 Å². The van der Waals surface area contributed by atoms with Crippen LogP contribution < -0.4 is 0 Å². The van der Waals surface area contributed by atoms with Crippen LogP contribution in [0.3, 0.4) is 0 Å². The summed E-state index contributed by atoms with van der Waals surface area (Å²) in [7, 11) is 1.40. The van der Waals surface area contributed by atoms with Crippen LogP contribution in [0.15, 0.2) is 24.3 Å². The number of hydrogen-bond donors (Lipinski definition) is 0. The number of amides is 1. The average molecular weight is 414 g/mol. The predicted octanol–water partition coefficient (Wildman–Crippen LogP) is 1.76. The van der Waals surface area contributed by atoms with Gasteiger partial charge in [-0.15, -0.1) is 0 Å². The fourth-order valence-corrected chi connectivity index (χ4v) is 4.41. The number of benzene rings is 1. The van der Waals surface area contributed by atoms with Crippen LogP contribution in [0.25, 0.3) is 0 Å². The first-order chi connectivity index (χ1) is 14.4. The molecule has 1 unspecified atom stereocenters. The van der Waals surface area contributed by atoms with Crippen LogP contribution >= 0.6 is 0 Å². The Hall–Kier alpha value is -2.74. The van der Waals surface area contributed by atoms with Crippen molar-refractivity contribution in [2.24, 2.45) is 5.92 Å². The lowest BCUT2D eigenvalue weighted by molar-refractivity contribution is -0.145. The zero-order chi connectivity index (χ0) is 21.3. The molecule has 1 aromatic heterocycles. The van der Waals surface area contributed by atoms with Crippen molar-refractivity contribution in [2.75, 3.05) is 33.3 Å². The number of fused-ring (bicyclic) bond motifs is 1. The van der Waals surface area contributed by atoms with Crippen LogP contribution in [0.2, 0.25) is 0 Å². The Bertz CT molecular complexity index is 941. The van der Waals surface area contributed by atoms with Gasteiger partial charge in [-0.3, -0.25) is 19.2 Å². The fourth-order valence-electron chi connectivity index (χ4n) is 4.41. The summed E-state index contributed by atoms with van der Waals surface area (Å²) < 4.78 is 20.0. The second-order valence-corrected chi connectivity index (χ2v) is 8.10. The minimum Gasteiger partial charge on any atom is -0.469 e. The van der Waals surface area contributed by atoms with Gasteiger partial charge in [0.2, 0.25) is 5.91 Å². The highest BCUT2D eigenvalue weighted by Crippen LogP contribution is 2.24. The molecule has 7 nitrogen and oxygen atoms in total. The first kappa shape index (κ1) is 20.5. The summed E-state index contributed by atoms with van der Waals surface area (Å²) in [6.45, 7) is 5.34. The molecule has 1 atom stereocenters. The Labute approximate surface area is 175 Å². The molecule has 1 fully saturated rings. The summed E-state index contributed by atoms with van der Waals surface area (Å²) in [5.41, 5.74) is 4.20. The van der Waals surface area contributed by atoms with Gasteiger partial charge in [-0.25, -0.2) is 4.39 Å². The Morgan fingerprint density at radius 2 is 2.00 bits per heavy atom. The van der Waals surface area contributed by atoms with Gasteiger partial charge in [0.05, 0.1) is 44.0 Å². The summed E-state index contributed by atoms with van der Waals surface area (Å²) in [6, 6.07) is 6.42. The van der Waals surface area contributed by atoms with Crippen molar-refractivity contribution < 1.29 is 18.7 Å². The number of aromatic nitrogens is 2. The van der Waals surface area contributed by atoms with Crippen molar-refractivity contribution in [3.63, 3.8) is 0 Å². The molecule has 160 valence electrons. The van der Waals surface area contributed by atoms with Gasteiger partial charge in [-0.05, 0) is 49.6 Å². The van der Waals surface area contributed by atoms with E-state index in [0.29, 0.717) is 32.7 Å². The highest BCUT2D eigenvalue weighted by Gasteiger charge is 2.32. The van der Waals surface area contributed by atoms with E-state index in [9.17, 15) is 14.0 Å². The van der Waals surface area contributed by atoms with Crippen molar-refractivity contribution in [1.82, 2.24) is 19.6 Å². The molecule has 0 saturated carbocycles. The number of hydrogen-bond acceptors (Lipinski definition) is 5. The van der Waals surface area contributed by atoms with E-state index in [1.165, 1.54) is 24.8 Å². The molecule has 30 heavy (non-hydrogen) atoms. The van der Waals surface area contributed by atoms with E-state index >= 15 is 0 Å². The Morgan fingerprint density at radius 1 is 1.23 bits per heavy atom. The highest BCUT2D eigenvalue weighted by molar-refractivity contribution is 5.79. The lowest BCUT2D eigenvalue weighted by atomic mass is 10.0. The topological polar surface area (TPSA) is 67.7 Å². The highest BCUT2D eigenvalue weighted by atomic mass is 19.1. The quantitative estimate of drug-likeness (QED) is 0.698. The fraction of sp³-hybridized carbons (Fsp3) is 0.500. The van der Waals surface area contributed by atoms with E-state index in [-0.39, 0.29) is 23.6 Å². The van der Waals surface area contributed by atoms with Crippen LogP contribution in [0.1, 0.15) is 28.9 Å². The van der Waals surface area contributed by atoms with Gasteiger partial charge in [-0.2, -0.15) is 5.10 Å². The largest absolute Gasteiger partial charge is 0.469 e. The molecule has 0 aliphatic carbocycles. The van der Waals surface area contributed by atoms with Gasteiger partial charge >= 0.3 is 5.97 Å². The monoisotopic (exact) mass is 414 g/mol. The van der Waals surface area contributed by atoms with E-state index < -0.39 is 0 Å². The van der Waals surface area contributed by atoms with Crippen LogP contribution in [-0.4, -0.2) is 64.7 Å². The first-order valence-electron chi connectivity index (χ1n) is 10.3. The van der Waals surface area contributed by atoms with Crippen LogP contribution in [0.4, 0.5) is 4.39 Å². The number of nitrogens with zero attached hydrogens (tertiary/aromatic N) is 4. The molecule has 1 amide bonds. The summed E-state index contributed by atoms with van der Waals surface area (Å²) in [4.78, 5) is 28.5. The third-order valence-electron chi connectivity index (χ3n) is 6.10. The molecular formula is C22H27FN4O3. The van der Waals surface area contributed by atoms with Crippen molar-refractivity contribution in [3.8, 4) is 0 Å². The number of aryl methyl sites for hydroxylation is 1.